The summed E-state index contributed by atoms with van der Waals surface area (Å²) in [5, 5.41) is 11.2. The topological polar surface area (TPSA) is 155 Å². The van der Waals surface area contributed by atoms with Crippen LogP contribution in [-0.2, 0) is 16.0 Å². The van der Waals surface area contributed by atoms with Gasteiger partial charge in [-0.25, -0.2) is 4.98 Å². The summed E-state index contributed by atoms with van der Waals surface area (Å²) in [6.45, 7) is 2.01. The maximum absolute atomic E-state index is 13.1. The van der Waals surface area contributed by atoms with E-state index >= 15 is 0 Å². The minimum Gasteiger partial charge on any atom is -0.446 e. The van der Waals surface area contributed by atoms with E-state index in [0.29, 0.717) is 37.8 Å². The lowest BCUT2D eigenvalue weighted by Crippen LogP contribution is -2.49. The molecule has 2 bridgehead atoms. The van der Waals surface area contributed by atoms with Crippen LogP contribution in [0.15, 0.2) is 65.5 Å². The van der Waals surface area contributed by atoms with Gasteiger partial charge in [-0.1, -0.05) is 30.3 Å². The summed E-state index contributed by atoms with van der Waals surface area (Å²) in [5.74, 6) is -1.61. The van der Waals surface area contributed by atoms with Crippen molar-refractivity contribution in [3.8, 4) is 0 Å². The number of rotatable bonds is 4. The average molecular weight is 519 g/mol. The molecule has 1 aromatic carbocycles. The molecule has 3 atom stereocenters. The molecule has 0 spiro atoms. The van der Waals surface area contributed by atoms with Crippen LogP contribution in [0.4, 0.5) is 0 Å². The summed E-state index contributed by atoms with van der Waals surface area (Å²) in [7, 11) is 0. The predicted octanol–water partition coefficient (Wildman–Crippen LogP) is 1.69. The highest BCUT2D eigenvalue weighted by Gasteiger charge is 2.27. The number of hydrogen-bond donors (Lipinski definition) is 4. The lowest BCUT2D eigenvalue weighted by molar-refractivity contribution is -0.124. The van der Waals surface area contributed by atoms with Gasteiger partial charge in [0.05, 0.1) is 5.56 Å². The van der Waals surface area contributed by atoms with Crippen LogP contribution >= 0.6 is 0 Å². The summed E-state index contributed by atoms with van der Waals surface area (Å²) >= 11 is 0. The van der Waals surface area contributed by atoms with Gasteiger partial charge in [-0.15, -0.1) is 0 Å². The molecule has 11 heteroatoms. The largest absolute Gasteiger partial charge is 0.446 e. The van der Waals surface area contributed by atoms with Gasteiger partial charge < -0.3 is 25.7 Å². The Labute approximate surface area is 219 Å². The molecule has 1 aliphatic rings. The first-order chi connectivity index (χ1) is 18.4. The molecule has 0 aliphatic carbocycles. The van der Waals surface area contributed by atoms with E-state index in [9.17, 15) is 19.2 Å². The van der Waals surface area contributed by atoms with E-state index in [2.05, 4.69) is 31.2 Å². The quantitative estimate of drug-likeness (QED) is 0.410. The highest BCUT2D eigenvalue weighted by atomic mass is 16.3. The molecule has 38 heavy (non-hydrogen) atoms. The molecule has 198 valence electrons. The Morgan fingerprint density at radius 2 is 1.87 bits per heavy atom. The van der Waals surface area contributed by atoms with Crippen LogP contribution in [0.2, 0.25) is 0 Å². The highest BCUT2D eigenvalue weighted by Crippen LogP contribution is 2.14. The zero-order chi connectivity index (χ0) is 26.9. The average Bonchev–Trinajstić information content (AvgIpc) is 3.43. The molecule has 2 aromatic heterocycles. The van der Waals surface area contributed by atoms with E-state index in [1.165, 1.54) is 12.5 Å². The second-order valence-corrected chi connectivity index (χ2v) is 9.07. The van der Waals surface area contributed by atoms with Gasteiger partial charge >= 0.3 is 0 Å². The third-order valence-electron chi connectivity index (χ3n) is 6.15. The number of carbonyl (C=O) groups excluding carboxylic acids is 4. The van der Waals surface area contributed by atoms with Crippen LogP contribution in [-0.4, -0.2) is 52.2 Å². The number of amides is 4. The molecule has 0 saturated heterocycles. The Bertz CT molecular complexity index is 1260. The number of oxazole rings is 1. The van der Waals surface area contributed by atoms with Crippen LogP contribution < -0.4 is 21.3 Å². The van der Waals surface area contributed by atoms with Crippen molar-refractivity contribution in [2.45, 2.75) is 50.7 Å². The normalized spacial score (nSPS) is 21.1. The fourth-order valence-corrected chi connectivity index (χ4v) is 4.07. The summed E-state index contributed by atoms with van der Waals surface area (Å²) in [4.78, 5) is 59.8. The third-order valence-corrected chi connectivity index (χ3v) is 6.15. The van der Waals surface area contributed by atoms with Gasteiger partial charge in [0.1, 0.15) is 24.4 Å². The number of nitrogens with one attached hydrogen (secondary N) is 4. The van der Waals surface area contributed by atoms with E-state index in [1.54, 1.807) is 25.3 Å². The third kappa shape index (κ3) is 7.02. The SMILES string of the molecule is C[C@@H]1NC(=O)[C@@H](NC(=O)c2cccnc2)CCCCNC(=O)[C@H](Cc2ccccc2)NC(=O)c2coc1n2. The summed E-state index contributed by atoms with van der Waals surface area (Å²) in [5.41, 5.74) is 1.22. The predicted molar refractivity (Wildman–Crippen MR) is 137 cm³/mol. The molecule has 4 amide bonds. The van der Waals surface area contributed by atoms with E-state index in [0.717, 1.165) is 5.56 Å². The van der Waals surface area contributed by atoms with Crippen molar-refractivity contribution in [3.05, 3.63) is 83.8 Å². The van der Waals surface area contributed by atoms with Crippen LogP contribution in [0.1, 0.15) is 64.5 Å². The molecular weight excluding hydrogens is 488 g/mol. The van der Waals surface area contributed by atoms with Crippen molar-refractivity contribution in [1.29, 1.82) is 0 Å². The Hall–Kier alpha value is -4.54. The number of pyridine rings is 1. The standard InChI is InChI=1S/C27H30N6O5/c1-17-27-33-22(16-38-27)26(37)32-21(14-18-8-3-2-4-9-18)24(35)29-13-6-5-11-20(25(36)30-17)31-23(34)19-10-7-12-28-15-19/h2-4,7-10,12,15-17,20-21H,5-6,11,13-14H2,1H3,(H,29,35)(H,30,36)(H,31,34)(H,32,37)/t17-,20-,21-/m0/s1. The molecule has 4 rings (SSSR count). The van der Waals surface area contributed by atoms with Gasteiger partial charge in [0.15, 0.2) is 5.69 Å². The van der Waals surface area contributed by atoms with E-state index in [4.69, 9.17) is 4.42 Å². The molecule has 0 fully saturated rings. The van der Waals surface area contributed by atoms with Crippen molar-refractivity contribution in [2.75, 3.05) is 6.54 Å². The first kappa shape index (κ1) is 26.5. The number of aromatic nitrogens is 2. The maximum atomic E-state index is 13.1. The first-order valence-electron chi connectivity index (χ1n) is 12.5. The molecule has 0 unspecified atom stereocenters. The first-order valence-corrected chi connectivity index (χ1v) is 12.5. The van der Waals surface area contributed by atoms with Crippen molar-refractivity contribution in [1.82, 2.24) is 31.2 Å². The van der Waals surface area contributed by atoms with Crippen molar-refractivity contribution in [2.24, 2.45) is 0 Å². The fourth-order valence-electron chi connectivity index (χ4n) is 4.07. The Balaban J connectivity index is 1.52. The molecule has 1 aliphatic heterocycles. The minimum atomic E-state index is -0.836. The zero-order valence-electron chi connectivity index (χ0n) is 21.0. The monoisotopic (exact) mass is 518 g/mol. The molecule has 0 saturated carbocycles. The van der Waals surface area contributed by atoms with Crippen LogP contribution in [0.5, 0.6) is 0 Å². The molecular formula is C27H30N6O5. The number of nitrogens with zero attached hydrogens (tertiary/aromatic N) is 2. The van der Waals surface area contributed by atoms with E-state index in [1.807, 2.05) is 30.3 Å². The van der Waals surface area contributed by atoms with E-state index < -0.39 is 35.8 Å². The maximum Gasteiger partial charge on any atom is 0.273 e. The van der Waals surface area contributed by atoms with Gasteiger partial charge in [0.2, 0.25) is 17.7 Å². The zero-order valence-corrected chi connectivity index (χ0v) is 21.0. The van der Waals surface area contributed by atoms with Gasteiger partial charge in [-0.05, 0) is 43.9 Å². The second-order valence-electron chi connectivity index (χ2n) is 9.07. The van der Waals surface area contributed by atoms with Crippen molar-refractivity contribution in [3.63, 3.8) is 0 Å². The van der Waals surface area contributed by atoms with Crippen LogP contribution in [0, 0.1) is 0 Å². The molecule has 0 radical (unpaired) electrons. The van der Waals surface area contributed by atoms with Gasteiger partial charge in [-0.2, -0.15) is 0 Å². The molecule has 3 heterocycles. The lowest BCUT2D eigenvalue weighted by atomic mass is 10.0. The van der Waals surface area contributed by atoms with Crippen molar-refractivity contribution >= 4 is 23.6 Å². The van der Waals surface area contributed by atoms with Crippen molar-refractivity contribution < 1.29 is 23.6 Å². The van der Waals surface area contributed by atoms with Gasteiger partial charge in [0.25, 0.3) is 11.8 Å². The second kappa shape index (κ2) is 12.6. The Morgan fingerprint density at radius 3 is 2.63 bits per heavy atom. The van der Waals surface area contributed by atoms with Gasteiger partial charge in [-0.3, -0.25) is 24.2 Å². The van der Waals surface area contributed by atoms with E-state index in [-0.39, 0.29) is 17.5 Å². The number of fused-ring (bicyclic) bond motifs is 2. The Morgan fingerprint density at radius 1 is 1.05 bits per heavy atom. The summed E-state index contributed by atoms with van der Waals surface area (Å²) in [6.07, 6.45) is 5.94. The van der Waals surface area contributed by atoms with Crippen LogP contribution in [0.25, 0.3) is 0 Å². The summed E-state index contributed by atoms with van der Waals surface area (Å²) < 4.78 is 5.45. The minimum absolute atomic E-state index is 0.0134. The number of benzene rings is 1. The molecule has 4 N–H and O–H groups in total. The van der Waals surface area contributed by atoms with Gasteiger partial charge in [0, 0.05) is 25.4 Å². The fraction of sp³-hybridized carbons (Fsp3) is 0.333. The highest BCUT2D eigenvalue weighted by molar-refractivity contribution is 5.97. The number of carbonyl (C=O) groups is 4. The molecule has 11 nitrogen and oxygen atoms in total. The van der Waals surface area contributed by atoms with Crippen LogP contribution in [0.3, 0.4) is 0 Å². The smallest absolute Gasteiger partial charge is 0.273 e. The molecule has 3 aromatic rings. The lowest BCUT2D eigenvalue weighted by Gasteiger charge is -2.21. The Kier molecular flexibility index (Phi) is 8.81. The summed E-state index contributed by atoms with van der Waals surface area (Å²) in [6, 6.07) is 10.3. The number of hydrogen-bond acceptors (Lipinski definition) is 7.